The second-order valence-corrected chi connectivity index (χ2v) is 5.36. The summed E-state index contributed by atoms with van der Waals surface area (Å²) < 4.78 is 5.31. The Morgan fingerprint density at radius 1 is 1.17 bits per heavy atom. The van der Waals surface area contributed by atoms with E-state index in [9.17, 15) is 4.79 Å². The molecule has 0 bridgehead atoms. The molecule has 1 amide bonds. The van der Waals surface area contributed by atoms with E-state index in [0.29, 0.717) is 18.9 Å². The van der Waals surface area contributed by atoms with E-state index in [1.54, 1.807) is 6.20 Å². The molecule has 23 heavy (non-hydrogen) atoms. The van der Waals surface area contributed by atoms with Crippen molar-refractivity contribution in [1.82, 2.24) is 9.97 Å². The number of aromatic nitrogens is 2. The predicted molar refractivity (Wildman–Crippen MR) is 88.8 cm³/mol. The lowest BCUT2D eigenvalue weighted by atomic mass is 10.1. The molecule has 0 radical (unpaired) electrons. The maximum atomic E-state index is 12.2. The fraction of sp³-hybridized carbons (Fsp3) is 0.353. The van der Waals surface area contributed by atoms with Gasteiger partial charge in [-0.25, -0.2) is 9.97 Å². The third kappa shape index (κ3) is 3.84. The lowest BCUT2D eigenvalue weighted by Crippen LogP contribution is -2.36. The Kier molecular flexibility index (Phi) is 4.83. The van der Waals surface area contributed by atoms with Gasteiger partial charge in [0.25, 0.3) is 5.91 Å². The Bertz CT molecular complexity index is 649. The molecule has 1 saturated heterocycles. The number of anilines is 2. The van der Waals surface area contributed by atoms with E-state index in [1.165, 1.54) is 11.8 Å². The molecule has 0 spiro atoms. The van der Waals surface area contributed by atoms with E-state index < -0.39 is 0 Å². The number of rotatable bonds is 4. The van der Waals surface area contributed by atoms with Gasteiger partial charge in [-0.05, 0) is 24.1 Å². The standard InChI is InChI=1S/C17H20N4O2/c1-2-13-3-5-14(6-4-13)20-17(22)15-11-19-16(12-18-15)21-7-9-23-10-8-21/h3-6,11-12H,2,7-10H2,1H3,(H,20,22). The molecule has 120 valence electrons. The van der Waals surface area contributed by atoms with Crippen molar-refractivity contribution in [2.45, 2.75) is 13.3 Å². The molecule has 0 atom stereocenters. The Morgan fingerprint density at radius 3 is 2.52 bits per heavy atom. The zero-order chi connectivity index (χ0) is 16.1. The molecule has 0 aliphatic carbocycles. The van der Waals surface area contributed by atoms with Crippen LogP contribution in [0.15, 0.2) is 36.7 Å². The van der Waals surface area contributed by atoms with Crippen molar-refractivity contribution < 1.29 is 9.53 Å². The van der Waals surface area contributed by atoms with Gasteiger partial charge in [-0.2, -0.15) is 0 Å². The van der Waals surface area contributed by atoms with Gasteiger partial charge in [-0.1, -0.05) is 19.1 Å². The first-order valence-electron chi connectivity index (χ1n) is 7.81. The maximum absolute atomic E-state index is 12.2. The van der Waals surface area contributed by atoms with Crippen LogP contribution in [-0.4, -0.2) is 42.2 Å². The van der Waals surface area contributed by atoms with E-state index in [-0.39, 0.29) is 5.91 Å². The van der Waals surface area contributed by atoms with E-state index in [1.807, 2.05) is 24.3 Å². The lowest BCUT2D eigenvalue weighted by Gasteiger charge is -2.27. The number of nitrogens with zero attached hydrogens (tertiary/aromatic N) is 3. The number of carbonyl (C=O) groups excluding carboxylic acids is 1. The normalized spacial score (nSPS) is 14.6. The van der Waals surface area contributed by atoms with Crippen LogP contribution in [0.4, 0.5) is 11.5 Å². The summed E-state index contributed by atoms with van der Waals surface area (Å²) in [4.78, 5) is 22.9. The highest BCUT2D eigenvalue weighted by atomic mass is 16.5. The minimum atomic E-state index is -0.254. The van der Waals surface area contributed by atoms with E-state index in [0.717, 1.165) is 31.0 Å². The predicted octanol–water partition coefficient (Wildman–Crippen LogP) is 2.13. The van der Waals surface area contributed by atoms with Crippen molar-refractivity contribution in [3.63, 3.8) is 0 Å². The van der Waals surface area contributed by atoms with Gasteiger partial charge in [0.1, 0.15) is 11.5 Å². The molecule has 1 aromatic heterocycles. The number of amides is 1. The zero-order valence-corrected chi connectivity index (χ0v) is 13.2. The van der Waals surface area contributed by atoms with Gasteiger partial charge in [0.15, 0.2) is 0 Å². The highest BCUT2D eigenvalue weighted by Gasteiger charge is 2.14. The van der Waals surface area contributed by atoms with Crippen LogP contribution in [0.2, 0.25) is 0 Å². The maximum Gasteiger partial charge on any atom is 0.275 e. The van der Waals surface area contributed by atoms with Gasteiger partial charge in [-0.3, -0.25) is 4.79 Å². The Balaban J connectivity index is 1.64. The highest BCUT2D eigenvalue weighted by molar-refractivity contribution is 6.02. The molecule has 0 saturated carbocycles. The summed E-state index contributed by atoms with van der Waals surface area (Å²) in [6.07, 6.45) is 4.13. The van der Waals surface area contributed by atoms with Crippen LogP contribution in [0.5, 0.6) is 0 Å². The molecule has 6 heteroatoms. The average Bonchev–Trinajstić information content (AvgIpc) is 2.63. The van der Waals surface area contributed by atoms with Gasteiger partial charge < -0.3 is 15.0 Å². The molecule has 1 fully saturated rings. The molecular weight excluding hydrogens is 292 g/mol. The summed E-state index contributed by atoms with van der Waals surface area (Å²) in [6, 6.07) is 7.80. The van der Waals surface area contributed by atoms with Crippen molar-refractivity contribution in [3.05, 3.63) is 47.9 Å². The van der Waals surface area contributed by atoms with Crippen molar-refractivity contribution >= 4 is 17.4 Å². The molecule has 3 rings (SSSR count). The summed E-state index contributed by atoms with van der Waals surface area (Å²) in [7, 11) is 0. The number of carbonyl (C=O) groups is 1. The third-order valence-corrected chi connectivity index (χ3v) is 3.83. The quantitative estimate of drug-likeness (QED) is 0.937. The summed E-state index contributed by atoms with van der Waals surface area (Å²) in [5, 5.41) is 2.83. The third-order valence-electron chi connectivity index (χ3n) is 3.83. The Morgan fingerprint density at radius 2 is 1.91 bits per heavy atom. The lowest BCUT2D eigenvalue weighted by molar-refractivity contribution is 0.102. The topological polar surface area (TPSA) is 67.4 Å². The van der Waals surface area contributed by atoms with E-state index in [2.05, 4.69) is 27.1 Å². The fourth-order valence-corrected chi connectivity index (χ4v) is 2.41. The van der Waals surface area contributed by atoms with Gasteiger partial charge in [0.05, 0.1) is 25.6 Å². The van der Waals surface area contributed by atoms with Crippen molar-refractivity contribution in [1.29, 1.82) is 0 Å². The number of hydrogen-bond acceptors (Lipinski definition) is 5. The summed E-state index contributed by atoms with van der Waals surface area (Å²) in [5.41, 5.74) is 2.30. The molecule has 1 aliphatic rings. The van der Waals surface area contributed by atoms with E-state index in [4.69, 9.17) is 4.74 Å². The summed E-state index contributed by atoms with van der Waals surface area (Å²) in [6.45, 7) is 5.07. The van der Waals surface area contributed by atoms with Gasteiger partial charge in [0.2, 0.25) is 0 Å². The number of benzene rings is 1. The van der Waals surface area contributed by atoms with Crippen molar-refractivity contribution in [2.24, 2.45) is 0 Å². The molecule has 0 unspecified atom stereocenters. The van der Waals surface area contributed by atoms with Crippen LogP contribution in [0.25, 0.3) is 0 Å². The first kappa shape index (κ1) is 15.4. The van der Waals surface area contributed by atoms with Crippen LogP contribution < -0.4 is 10.2 Å². The van der Waals surface area contributed by atoms with E-state index >= 15 is 0 Å². The second-order valence-electron chi connectivity index (χ2n) is 5.36. The van der Waals surface area contributed by atoms with Gasteiger partial charge in [-0.15, -0.1) is 0 Å². The van der Waals surface area contributed by atoms with Crippen molar-refractivity contribution in [3.8, 4) is 0 Å². The van der Waals surface area contributed by atoms with Gasteiger partial charge >= 0.3 is 0 Å². The molecular formula is C17H20N4O2. The summed E-state index contributed by atoms with van der Waals surface area (Å²) in [5.74, 6) is 0.521. The highest BCUT2D eigenvalue weighted by Crippen LogP contribution is 2.13. The molecule has 6 nitrogen and oxygen atoms in total. The number of hydrogen-bond donors (Lipinski definition) is 1. The first-order valence-corrected chi connectivity index (χ1v) is 7.81. The number of ether oxygens (including phenoxy) is 1. The molecule has 1 N–H and O–H groups in total. The Labute approximate surface area is 135 Å². The number of morpholine rings is 1. The van der Waals surface area contributed by atoms with Crippen LogP contribution >= 0.6 is 0 Å². The smallest absolute Gasteiger partial charge is 0.275 e. The van der Waals surface area contributed by atoms with Crippen LogP contribution in [0, 0.1) is 0 Å². The second kappa shape index (κ2) is 7.19. The molecule has 1 aromatic carbocycles. The fourth-order valence-electron chi connectivity index (χ4n) is 2.41. The Hall–Kier alpha value is -2.47. The molecule has 2 heterocycles. The zero-order valence-electron chi connectivity index (χ0n) is 13.2. The summed E-state index contributed by atoms with van der Waals surface area (Å²) >= 11 is 0. The number of aryl methyl sites for hydroxylation is 1. The average molecular weight is 312 g/mol. The van der Waals surface area contributed by atoms with Crippen LogP contribution in [0.3, 0.4) is 0 Å². The number of nitrogens with one attached hydrogen (secondary N) is 1. The minimum Gasteiger partial charge on any atom is -0.378 e. The van der Waals surface area contributed by atoms with Gasteiger partial charge in [0, 0.05) is 18.8 Å². The monoisotopic (exact) mass is 312 g/mol. The van der Waals surface area contributed by atoms with Crippen molar-refractivity contribution in [2.75, 3.05) is 36.5 Å². The first-order chi connectivity index (χ1) is 11.3. The van der Waals surface area contributed by atoms with Crippen LogP contribution in [-0.2, 0) is 11.2 Å². The largest absolute Gasteiger partial charge is 0.378 e. The molecule has 2 aromatic rings. The SMILES string of the molecule is CCc1ccc(NC(=O)c2cnc(N3CCOCC3)cn2)cc1. The minimum absolute atomic E-state index is 0.254. The molecule has 1 aliphatic heterocycles. The van der Waals surface area contributed by atoms with Crippen LogP contribution in [0.1, 0.15) is 23.0 Å².